The van der Waals surface area contributed by atoms with E-state index in [9.17, 15) is 4.79 Å². The summed E-state index contributed by atoms with van der Waals surface area (Å²) in [5.74, 6) is 1.62. The van der Waals surface area contributed by atoms with Crippen LogP contribution in [0.2, 0.25) is 0 Å². The van der Waals surface area contributed by atoms with Gasteiger partial charge in [0.1, 0.15) is 5.75 Å². The molecule has 0 unspecified atom stereocenters. The van der Waals surface area contributed by atoms with Crippen molar-refractivity contribution in [3.8, 4) is 17.1 Å². The van der Waals surface area contributed by atoms with Gasteiger partial charge in [0.2, 0.25) is 11.7 Å². The molecular weight excluding hydrogens is 342 g/mol. The molecule has 0 spiro atoms. The van der Waals surface area contributed by atoms with E-state index in [4.69, 9.17) is 9.26 Å². The Balaban J connectivity index is 1.60. The fourth-order valence-electron chi connectivity index (χ4n) is 2.68. The molecule has 0 saturated heterocycles. The molecule has 27 heavy (non-hydrogen) atoms. The van der Waals surface area contributed by atoms with E-state index in [1.165, 1.54) is 0 Å². The van der Waals surface area contributed by atoms with Crippen LogP contribution in [0.25, 0.3) is 11.4 Å². The lowest BCUT2D eigenvalue weighted by Crippen LogP contribution is -2.39. The third-order valence-corrected chi connectivity index (χ3v) is 4.14. The third-order valence-electron chi connectivity index (χ3n) is 4.14. The molecule has 0 N–H and O–H groups in total. The maximum absolute atomic E-state index is 12.6. The minimum absolute atomic E-state index is 0.00826. The van der Waals surface area contributed by atoms with Crippen molar-refractivity contribution in [2.45, 2.75) is 33.4 Å². The summed E-state index contributed by atoms with van der Waals surface area (Å²) in [4.78, 5) is 18.6. The monoisotopic (exact) mass is 365 g/mol. The average Bonchev–Trinajstić information content (AvgIpc) is 3.11. The number of nitrogens with zero attached hydrogens (tertiary/aromatic N) is 3. The Hall–Kier alpha value is -3.15. The molecule has 0 atom stereocenters. The van der Waals surface area contributed by atoms with Crippen LogP contribution in [0.4, 0.5) is 0 Å². The maximum Gasteiger partial charge on any atom is 0.261 e. The molecule has 6 nitrogen and oxygen atoms in total. The highest BCUT2D eigenvalue weighted by Gasteiger charge is 2.18. The van der Waals surface area contributed by atoms with Gasteiger partial charge in [0.25, 0.3) is 5.91 Å². The van der Waals surface area contributed by atoms with Crippen molar-refractivity contribution < 1.29 is 14.1 Å². The van der Waals surface area contributed by atoms with E-state index in [1.807, 2.05) is 61.2 Å². The van der Waals surface area contributed by atoms with Gasteiger partial charge in [-0.05, 0) is 43.7 Å². The van der Waals surface area contributed by atoms with Crippen molar-refractivity contribution in [1.29, 1.82) is 0 Å². The summed E-state index contributed by atoms with van der Waals surface area (Å²) < 4.78 is 10.7. The highest BCUT2D eigenvalue weighted by molar-refractivity contribution is 5.78. The average molecular weight is 365 g/mol. The first-order chi connectivity index (χ1) is 13.0. The normalized spacial score (nSPS) is 10.8. The molecule has 0 aliphatic heterocycles. The summed E-state index contributed by atoms with van der Waals surface area (Å²) in [5, 5.41) is 3.88. The quantitative estimate of drug-likeness (QED) is 0.636. The fourth-order valence-corrected chi connectivity index (χ4v) is 2.68. The van der Waals surface area contributed by atoms with Crippen LogP contribution in [0.3, 0.4) is 0 Å². The van der Waals surface area contributed by atoms with Crippen molar-refractivity contribution in [1.82, 2.24) is 15.0 Å². The molecule has 0 bridgehead atoms. The van der Waals surface area contributed by atoms with E-state index in [0.29, 0.717) is 24.0 Å². The lowest BCUT2D eigenvalue weighted by atomic mass is 10.2. The second kappa shape index (κ2) is 8.49. The van der Waals surface area contributed by atoms with Crippen LogP contribution in [-0.2, 0) is 11.3 Å². The first kappa shape index (κ1) is 18.6. The van der Waals surface area contributed by atoms with Gasteiger partial charge >= 0.3 is 0 Å². The van der Waals surface area contributed by atoms with Gasteiger partial charge in [-0.25, -0.2) is 0 Å². The molecule has 6 heteroatoms. The van der Waals surface area contributed by atoms with Gasteiger partial charge in [0.15, 0.2) is 6.61 Å². The van der Waals surface area contributed by atoms with Crippen molar-refractivity contribution >= 4 is 5.91 Å². The highest BCUT2D eigenvalue weighted by atomic mass is 16.5. The number of carbonyl (C=O) groups is 1. The fraction of sp³-hybridized carbons (Fsp3) is 0.286. The maximum atomic E-state index is 12.6. The standard InChI is InChI=1S/C21H23N3O3/c1-15(2)24(13-17-7-5-4-6-8-17)20(25)14-26-19-11-9-18(10-12-19)21-22-16(3)27-23-21/h4-12,15H,13-14H2,1-3H3. The van der Waals surface area contributed by atoms with Crippen molar-refractivity contribution in [3.63, 3.8) is 0 Å². The molecule has 140 valence electrons. The molecule has 0 aliphatic rings. The van der Waals surface area contributed by atoms with Crippen LogP contribution in [0.5, 0.6) is 5.75 Å². The number of carbonyl (C=O) groups excluding carboxylic acids is 1. The van der Waals surface area contributed by atoms with Gasteiger partial charge in [-0.1, -0.05) is 35.5 Å². The minimum atomic E-state index is -0.0493. The van der Waals surface area contributed by atoms with E-state index in [-0.39, 0.29) is 18.6 Å². The number of aromatic nitrogens is 2. The summed E-state index contributed by atoms with van der Waals surface area (Å²) in [5.41, 5.74) is 1.93. The lowest BCUT2D eigenvalue weighted by molar-refractivity contribution is -0.135. The SMILES string of the molecule is Cc1nc(-c2ccc(OCC(=O)N(Cc3ccccc3)C(C)C)cc2)no1. The zero-order chi connectivity index (χ0) is 19.2. The van der Waals surface area contributed by atoms with Gasteiger partial charge in [-0.15, -0.1) is 0 Å². The van der Waals surface area contributed by atoms with Gasteiger partial charge in [-0.2, -0.15) is 4.98 Å². The number of benzene rings is 2. The first-order valence-electron chi connectivity index (χ1n) is 8.90. The van der Waals surface area contributed by atoms with E-state index in [0.717, 1.165) is 11.1 Å². The summed E-state index contributed by atoms with van der Waals surface area (Å²) in [6.45, 7) is 6.31. The van der Waals surface area contributed by atoms with Crippen LogP contribution in [0.1, 0.15) is 25.3 Å². The number of hydrogen-bond acceptors (Lipinski definition) is 5. The van der Waals surface area contributed by atoms with Gasteiger partial charge in [0, 0.05) is 25.1 Å². The van der Waals surface area contributed by atoms with Crippen LogP contribution >= 0.6 is 0 Å². The van der Waals surface area contributed by atoms with Gasteiger partial charge in [0.05, 0.1) is 0 Å². The predicted octanol–water partition coefficient (Wildman–Crippen LogP) is 3.86. The van der Waals surface area contributed by atoms with Gasteiger partial charge in [-0.3, -0.25) is 4.79 Å². The Morgan fingerprint density at radius 2 is 1.81 bits per heavy atom. The summed E-state index contributed by atoms with van der Waals surface area (Å²) >= 11 is 0. The number of ether oxygens (including phenoxy) is 1. The second-order valence-corrected chi connectivity index (χ2v) is 6.55. The molecule has 1 heterocycles. The van der Waals surface area contributed by atoms with E-state index >= 15 is 0 Å². The van der Waals surface area contributed by atoms with Crippen LogP contribution in [-0.4, -0.2) is 33.6 Å². The van der Waals surface area contributed by atoms with E-state index in [2.05, 4.69) is 10.1 Å². The molecule has 0 fully saturated rings. The molecule has 2 aromatic carbocycles. The molecule has 1 amide bonds. The summed E-state index contributed by atoms with van der Waals surface area (Å²) in [7, 11) is 0. The second-order valence-electron chi connectivity index (χ2n) is 6.55. The smallest absolute Gasteiger partial charge is 0.261 e. The number of amides is 1. The number of rotatable bonds is 7. The molecule has 0 saturated carbocycles. The number of hydrogen-bond donors (Lipinski definition) is 0. The first-order valence-corrected chi connectivity index (χ1v) is 8.90. The van der Waals surface area contributed by atoms with Gasteiger partial charge < -0.3 is 14.2 Å². The molecule has 3 rings (SSSR count). The summed E-state index contributed by atoms with van der Waals surface area (Å²) in [6.07, 6.45) is 0. The molecular formula is C21H23N3O3. The van der Waals surface area contributed by atoms with Crippen molar-refractivity contribution in [3.05, 3.63) is 66.1 Å². The van der Waals surface area contributed by atoms with Crippen LogP contribution in [0, 0.1) is 6.92 Å². The zero-order valence-corrected chi connectivity index (χ0v) is 15.8. The molecule has 0 aliphatic carbocycles. The Morgan fingerprint density at radius 1 is 1.11 bits per heavy atom. The highest BCUT2D eigenvalue weighted by Crippen LogP contribution is 2.20. The van der Waals surface area contributed by atoms with E-state index in [1.54, 1.807) is 19.1 Å². The molecule has 0 radical (unpaired) electrons. The minimum Gasteiger partial charge on any atom is -0.484 e. The third kappa shape index (κ3) is 4.94. The Bertz CT molecular complexity index is 873. The largest absolute Gasteiger partial charge is 0.484 e. The van der Waals surface area contributed by atoms with Crippen LogP contribution in [0.15, 0.2) is 59.1 Å². The Kier molecular flexibility index (Phi) is 5.86. The lowest BCUT2D eigenvalue weighted by Gasteiger charge is -2.27. The molecule has 3 aromatic rings. The molecule has 1 aromatic heterocycles. The van der Waals surface area contributed by atoms with Crippen LogP contribution < -0.4 is 4.74 Å². The topological polar surface area (TPSA) is 68.5 Å². The number of aryl methyl sites for hydroxylation is 1. The Morgan fingerprint density at radius 3 is 2.41 bits per heavy atom. The van der Waals surface area contributed by atoms with Crippen molar-refractivity contribution in [2.24, 2.45) is 0 Å². The summed E-state index contributed by atoms with van der Waals surface area (Å²) in [6, 6.07) is 17.3. The predicted molar refractivity (Wildman–Crippen MR) is 102 cm³/mol. The van der Waals surface area contributed by atoms with Crippen molar-refractivity contribution in [2.75, 3.05) is 6.61 Å². The van der Waals surface area contributed by atoms with E-state index < -0.39 is 0 Å². The zero-order valence-electron chi connectivity index (χ0n) is 15.8. The Labute approximate surface area is 158 Å².